The van der Waals surface area contributed by atoms with E-state index < -0.39 is 41.2 Å². The van der Waals surface area contributed by atoms with Crippen molar-refractivity contribution in [2.45, 2.75) is 56.4 Å². The predicted molar refractivity (Wildman–Crippen MR) is 171 cm³/mol. The molecule has 13 heteroatoms. The molecule has 4 heterocycles. The Bertz CT molecular complexity index is 1950. The van der Waals surface area contributed by atoms with Gasteiger partial charge in [0, 0.05) is 41.4 Å². The number of likely N-dealkylation sites (tertiary alicyclic amines) is 1. The Kier molecular flexibility index (Phi) is 8.00. The summed E-state index contributed by atoms with van der Waals surface area (Å²) in [5.74, 6) is -1.13. The van der Waals surface area contributed by atoms with Gasteiger partial charge in [0.05, 0.1) is 18.3 Å². The lowest BCUT2D eigenvalue weighted by Gasteiger charge is -2.32. The molecular weight excluding hydrogens is 644 g/mol. The standard InChI is InChI=1S/C36H34F4N4O5/c1-20-11-13-44(17-20)33(46)34(2)19-48-31-26(34)16-28(43-30(31)21-5-7-24(37)8-6-21)35(47,36(38,39)40)18-42-32(45)23-14-22-4-3-12-41-29(22)27(15-23)49-25-9-10-25/h3-8,12,14-16,20,25,47H,9-11,13,17-19H2,1-2H3,(H,42,45)/t20?,34-,35+/m0/s1. The number of nitrogens with zero attached hydrogens (tertiary/aromatic N) is 3. The summed E-state index contributed by atoms with van der Waals surface area (Å²) in [4.78, 5) is 37.6. The molecule has 1 saturated carbocycles. The highest BCUT2D eigenvalue weighted by Gasteiger charge is 2.58. The number of amides is 2. The van der Waals surface area contributed by atoms with E-state index in [-0.39, 0.29) is 52.7 Å². The number of halogens is 4. The molecule has 2 fully saturated rings. The van der Waals surface area contributed by atoms with Gasteiger partial charge in [0.15, 0.2) is 0 Å². The summed E-state index contributed by atoms with van der Waals surface area (Å²) in [7, 11) is 0. The minimum absolute atomic E-state index is 0.0148. The fourth-order valence-corrected chi connectivity index (χ4v) is 6.44. The SMILES string of the molecule is CC1CCN(C(=O)[C@@]2(C)COc3c2cc([C@](O)(CNC(=O)c2cc(OC4CC4)c4ncccc4c2)C(F)(F)F)nc3-c2ccc(F)cc2)C1. The van der Waals surface area contributed by atoms with Gasteiger partial charge < -0.3 is 24.8 Å². The Morgan fingerprint density at radius 3 is 2.55 bits per heavy atom. The molecule has 1 saturated heterocycles. The molecule has 0 spiro atoms. The fourth-order valence-electron chi connectivity index (χ4n) is 6.44. The smallest absolute Gasteiger partial charge is 0.424 e. The maximum absolute atomic E-state index is 15.0. The molecule has 2 amide bonds. The van der Waals surface area contributed by atoms with E-state index in [4.69, 9.17) is 9.47 Å². The number of nitrogens with one attached hydrogen (secondary N) is 1. The Morgan fingerprint density at radius 1 is 1.12 bits per heavy atom. The van der Waals surface area contributed by atoms with Crippen molar-refractivity contribution >= 4 is 22.7 Å². The summed E-state index contributed by atoms with van der Waals surface area (Å²) in [5.41, 5.74) is -5.20. The van der Waals surface area contributed by atoms with Gasteiger partial charge in [0.25, 0.3) is 5.91 Å². The van der Waals surface area contributed by atoms with Crippen molar-refractivity contribution in [3.63, 3.8) is 0 Å². The lowest BCUT2D eigenvalue weighted by atomic mass is 9.81. The van der Waals surface area contributed by atoms with Gasteiger partial charge in [0.2, 0.25) is 11.5 Å². The Labute approximate surface area is 279 Å². The maximum atomic E-state index is 15.0. The number of benzene rings is 2. The number of fused-ring (bicyclic) bond motifs is 2. The summed E-state index contributed by atoms with van der Waals surface area (Å²) in [6.07, 6.45) is -1.33. The van der Waals surface area contributed by atoms with Crippen molar-refractivity contribution in [3.8, 4) is 22.8 Å². The molecule has 0 bridgehead atoms. The number of pyridine rings is 2. The molecule has 2 aromatic carbocycles. The van der Waals surface area contributed by atoms with E-state index in [1.165, 1.54) is 24.3 Å². The minimum atomic E-state index is -5.33. The van der Waals surface area contributed by atoms with Crippen LogP contribution in [0, 0.1) is 11.7 Å². The second-order valence-corrected chi connectivity index (χ2v) is 13.4. The summed E-state index contributed by atoms with van der Waals surface area (Å²) in [6.45, 7) is 3.11. The molecule has 9 nitrogen and oxygen atoms in total. The van der Waals surface area contributed by atoms with Gasteiger partial charge in [-0.1, -0.05) is 13.0 Å². The molecule has 49 heavy (non-hydrogen) atoms. The highest BCUT2D eigenvalue weighted by molar-refractivity contribution is 6.00. The number of hydrogen-bond donors (Lipinski definition) is 2. The van der Waals surface area contributed by atoms with Gasteiger partial charge in [-0.05, 0) is 80.6 Å². The van der Waals surface area contributed by atoms with Crippen molar-refractivity contribution in [1.29, 1.82) is 0 Å². The van der Waals surface area contributed by atoms with Crippen LogP contribution in [0.3, 0.4) is 0 Å². The molecule has 7 rings (SSSR count). The van der Waals surface area contributed by atoms with Gasteiger partial charge in [-0.15, -0.1) is 0 Å². The Morgan fingerprint density at radius 2 is 1.88 bits per heavy atom. The number of alkyl halides is 3. The first-order chi connectivity index (χ1) is 23.3. The van der Waals surface area contributed by atoms with Crippen molar-refractivity contribution in [1.82, 2.24) is 20.2 Å². The van der Waals surface area contributed by atoms with Crippen LogP contribution in [-0.4, -0.2) is 70.3 Å². The quantitative estimate of drug-likeness (QED) is 0.231. The zero-order valence-corrected chi connectivity index (χ0v) is 26.8. The summed E-state index contributed by atoms with van der Waals surface area (Å²) in [5, 5.41) is 14.3. The van der Waals surface area contributed by atoms with Crippen LogP contribution >= 0.6 is 0 Å². The van der Waals surface area contributed by atoms with Crippen molar-refractivity contribution in [2.75, 3.05) is 26.2 Å². The fraction of sp³-hybridized carbons (Fsp3) is 0.389. The number of aliphatic hydroxyl groups is 1. The minimum Gasteiger partial charge on any atom is -0.489 e. The van der Waals surface area contributed by atoms with Crippen LogP contribution in [0.15, 0.2) is 60.8 Å². The van der Waals surface area contributed by atoms with Crippen LogP contribution in [0.5, 0.6) is 11.5 Å². The largest absolute Gasteiger partial charge is 0.489 e. The van der Waals surface area contributed by atoms with Gasteiger partial charge in [0.1, 0.15) is 40.5 Å². The summed E-state index contributed by atoms with van der Waals surface area (Å²) >= 11 is 0. The number of ether oxygens (including phenoxy) is 2. The van der Waals surface area contributed by atoms with E-state index >= 15 is 13.2 Å². The average molecular weight is 679 g/mol. The van der Waals surface area contributed by atoms with E-state index in [9.17, 15) is 19.1 Å². The second kappa shape index (κ2) is 12.0. The zero-order valence-electron chi connectivity index (χ0n) is 26.8. The molecule has 0 radical (unpaired) electrons. The van der Waals surface area contributed by atoms with Crippen molar-refractivity contribution in [3.05, 3.63) is 83.4 Å². The third-order valence-corrected chi connectivity index (χ3v) is 9.52. The molecule has 3 atom stereocenters. The van der Waals surface area contributed by atoms with Gasteiger partial charge in [-0.2, -0.15) is 13.2 Å². The summed E-state index contributed by atoms with van der Waals surface area (Å²) in [6, 6.07) is 12.2. The maximum Gasteiger partial charge on any atom is 0.424 e. The third kappa shape index (κ3) is 5.94. The lowest BCUT2D eigenvalue weighted by Crippen LogP contribution is -2.52. The van der Waals surface area contributed by atoms with E-state index in [0.29, 0.717) is 29.7 Å². The van der Waals surface area contributed by atoms with E-state index in [1.807, 2.05) is 6.92 Å². The zero-order chi connectivity index (χ0) is 34.7. The Balaban J connectivity index is 1.28. The summed E-state index contributed by atoms with van der Waals surface area (Å²) < 4.78 is 70.9. The van der Waals surface area contributed by atoms with Crippen molar-refractivity contribution in [2.24, 2.45) is 5.92 Å². The highest BCUT2D eigenvalue weighted by atomic mass is 19.4. The molecule has 4 aromatic rings. The monoisotopic (exact) mass is 678 g/mol. The average Bonchev–Trinajstić information content (AvgIpc) is 3.69. The molecule has 1 unspecified atom stereocenters. The number of aromatic nitrogens is 2. The molecule has 1 aliphatic carbocycles. The van der Waals surface area contributed by atoms with Crippen LogP contribution in [0.1, 0.15) is 54.7 Å². The first-order valence-electron chi connectivity index (χ1n) is 16.1. The van der Waals surface area contributed by atoms with Crippen LogP contribution < -0.4 is 14.8 Å². The van der Waals surface area contributed by atoms with Gasteiger partial charge in [-0.3, -0.25) is 14.6 Å². The van der Waals surface area contributed by atoms with E-state index in [1.54, 1.807) is 30.2 Å². The number of hydrogen-bond acceptors (Lipinski definition) is 7. The van der Waals surface area contributed by atoms with Crippen LogP contribution in [-0.2, 0) is 15.8 Å². The first kappa shape index (κ1) is 32.8. The molecule has 2 N–H and O–H groups in total. The lowest BCUT2D eigenvalue weighted by molar-refractivity contribution is -0.265. The number of rotatable bonds is 8. The first-order valence-corrected chi connectivity index (χ1v) is 16.1. The second-order valence-electron chi connectivity index (χ2n) is 13.4. The third-order valence-electron chi connectivity index (χ3n) is 9.52. The van der Waals surface area contributed by atoms with Crippen LogP contribution in [0.4, 0.5) is 17.6 Å². The van der Waals surface area contributed by atoms with Crippen LogP contribution in [0.25, 0.3) is 22.2 Å². The van der Waals surface area contributed by atoms with Gasteiger partial charge in [-0.25, -0.2) is 9.37 Å². The van der Waals surface area contributed by atoms with E-state index in [2.05, 4.69) is 15.3 Å². The topological polar surface area (TPSA) is 114 Å². The van der Waals surface area contributed by atoms with Crippen LogP contribution in [0.2, 0.25) is 0 Å². The molecule has 2 aromatic heterocycles. The predicted octanol–water partition coefficient (Wildman–Crippen LogP) is 5.68. The molecule has 256 valence electrons. The number of carbonyl (C=O) groups excluding carboxylic acids is 2. The molecule has 2 aliphatic heterocycles. The molecule has 3 aliphatic rings. The normalized spacial score (nSPS) is 21.6. The van der Waals surface area contributed by atoms with Crippen molar-refractivity contribution < 1.29 is 41.7 Å². The van der Waals surface area contributed by atoms with E-state index in [0.717, 1.165) is 37.5 Å². The number of carbonyl (C=O) groups is 2. The highest BCUT2D eigenvalue weighted by Crippen LogP contribution is 2.48. The Hall–Kier alpha value is -4.78. The molecular formula is C36H34F4N4O5. The van der Waals surface area contributed by atoms with Gasteiger partial charge >= 0.3 is 6.18 Å².